The Morgan fingerprint density at radius 2 is 1.73 bits per heavy atom. The minimum absolute atomic E-state index is 0.0337. The molecule has 1 atom stereocenters. The molecule has 0 aromatic heterocycles. The van der Waals surface area contributed by atoms with Crippen LogP contribution in [0.5, 0.6) is 5.75 Å². The van der Waals surface area contributed by atoms with E-state index in [2.05, 4.69) is 26.1 Å². The van der Waals surface area contributed by atoms with Crippen LogP contribution in [0.1, 0.15) is 38.8 Å². The first kappa shape index (κ1) is 24.0. The maximum atomic E-state index is 12.9. The van der Waals surface area contributed by atoms with Crippen LogP contribution in [0.15, 0.2) is 42.5 Å². The monoisotopic (exact) mass is 450 g/mol. The Labute approximate surface area is 188 Å². The molecular formula is C23H28Cl2N2O3. The SMILES string of the molecule is CNC(=O)C(C)N(Cc1ccc(Cl)cc1Cl)C(=O)COc1ccc(C(C)(C)C)cc1. The summed E-state index contributed by atoms with van der Waals surface area (Å²) in [7, 11) is 1.53. The lowest BCUT2D eigenvalue weighted by atomic mass is 9.87. The number of nitrogens with one attached hydrogen (secondary N) is 1. The Balaban J connectivity index is 2.15. The first-order chi connectivity index (χ1) is 14.0. The third-order valence-electron chi connectivity index (χ3n) is 4.85. The summed E-state index contributed by atoms with van der Waals surface area (Å²) in [5, 5.41) is 3.51. The number of likely N-dealkylation sites (N-methyl/N-ethyl adjacent to an activating group) is 1. The van der Waals surface area contributed by atoms with Gasteiger partial charge in [0, 0.05) is 23.6 Å². The zero-order valence-corrected chi connectivity index (χ0v) is 19.5. The molecule has 0 bridgehead atoms. The second-order valence-electron chi connectivity index (χ2n) is 8.11. The molecule has 2 rings (SSSR count). The van der Waals surface area contributed by atoms with E-state index < -0.39 is 6.04 Å². The second kappa shape index (κ2) is 10.2. The van der Waals surface area contributed by atoms with Crippen molar-refractivity contribution in [2.75, 3.05) is 13.7 Å². The fourth-order valence-electron chi connectivity index (χ4n) is 2.90. The molecule has 0 radical (unpaired) electrons. The number of ether oxygens (including phenoxy) is 1. The third kappa shape index (κ3) is 6.38. The quantitative estimate of drug-likeness (QED) is 0.656. The van der Waals surface area contributed by atoms with Crippen LogP contribution in [-0.2, 0) is 21.5 Å². The molecule has 2 amide bonds. The number of rotatable bonds is 7. The van der Waals surface area contributed by atoms with Crippen molar-refractivity contribution in [3.8, 4) is 5.75 Å². The second-order valence-corrected chi connectivity index (χ2v) is 8.95. The molecule has 0 fully saturated rings. The largest absolute Gasteiger partial charge is 0.484 e. The number of amides is 2. The van der Waals surface area contributed by atoms with Crippen LogP contribution in [0, 0.1) is 0 Å². The molecule has 1 unspecified atom stereocenters. The van der Waals surface area contributed by atoms with Crippen molar-refractivity contribution < 1.29 is 14.3 Å². The van der Waals surface area contributed by atoms with Crippen LogP contribution in [0.4, 0.5) is 0 Å². The number of nitrogens with zero attached hydrogens (tertiary/aromatic N) is 1. The lowest BCUT2D eigenvalue weighted by Gasteiger charge is -2.28. The molecule has 0 aliphatic rings. The molecule has 0 saturated carbocycles. The molecule has 0 aliphatic carbocycles. The van der Waals surface area contributed by atoms with E-state index >= 15 is 0 Å². The predicted molar refractivity (Wildman–Crippen MR) is 121 cm³/mol. The van der Waals surface area contributed by atoms with E-state index in [1.807, 2.05) is 24.3 Å². The van der Waals surface area contributed by atoms with Gasteiger partial charge in [0.1, 0.15) is 11.8 Å². The molecular weight excluding hydrogens is 423 g/mol. The summed E-state index contributed by atoms with van der Waals surface area (Å²) in [5.41, 5.74) is 1.90. The van der Waals surface area contributed by atoms with E-state index in [-0.39, 0.29) is 30.4 Å². The van der Waals surface area contributed by atoms with Gasteiger partial charge < -0.3 is 15.0 Å². The smallest absolute Gasteiger partial charge is 0.261 e. The van der Waals surface area contributed by atoms with E-state index in [9.17, 15) is 9.59 Å². The van der Waals surface area contributed by atoms with E-state index in [0.29, 0.717) is 21.4 Å². The molecule has 2 aromatic rings. The molecule has 1 N–H and O–H groups in total. The van der Waals surface area contributed by atoms with Crippen LogP contribution in [0.25, 0.3) is 0 Å². The van der Waals surface area contributed by atoms with Crippen molar-refractivity contribution >= 4 is 35.0 Å². The Bertz CT molecular complexity index is 892. The predicted octanol–water partition coefficient (Wildman–Crippen LogP) is 4.83. The summed E-state index contributed by atoms with van der Waals surface area (Å²) in [5.74, 6) is -0.00611. The zero-order chi connectivity index (χ0) is 22.5. The highest BCUT2D eigenvalue weighted by Gasteiger charge is 2.26. The van der Waals surface area contributed by atoms with Crippen molar-refractivity contribution in [1.29, 1.82) is 0 Å². The van der Waals surface area contributed by atoms with Gasteiger partial charge in [-0.2, -0.15) is 0 Å². The first-order valence-electron chi connectivity index (χ1n) is 9.71. The average molecular weight is 451 g/mol. The fourth-order valence-corrected chi connectivity index (χ4v) is 3.37. The summed E-state index contributed by atoms with van der Waals surface area (Å²) < 4.78 is 5.69. The van der Waals surface area contributed by atoms with Gasteiger partial charge in [-0.25, -0.2) is 0 Å². The number of hydrogen-bond donors (Lipinski definition) is 1. The molecule has 0 saturated heterocycles. The summed E-state index contributed by atoms with van der Waals surface area (Å²) in [6, 6.07) is 12.0. The molecule has 0 spiro atoms. The minimum atomic E-state index is -0.693. The molecule has 5 nitrogen and oxygen atoms in total. The Morgan fingerprint density at radius 1 is 1.10 bits per heavy atom. The maximum absolute atomic E-state index is 12.9. The number of carbonyl (C=O) groups excluding carboxylic acids is 2. The van der Waals surface area contributed by atoms with Crippen LogP contribution < -0.4 is 10.1 Å². The van der Waals surface area contributed by atoms with Crippen molar-refractivity contribution in [3.05, 3.63) is 63.6 Å². The lowest BCUT2D eigenvalue weighted by Crippen LogP contribution is -2.48. The summed E-state index contributed by atoms with van der Waals surface area (Å²) >= 11 is 12.2. The number of benzene rings is 2. The van der Waals surface area contributed by atoms with Gasteiger partial charge in [-0.05, 0) is 47.7 Å². The average Bonchev–Trinajstić information content (AvgIpc) is 2.70. The molecule has 0 heterocycles. The number of carbonyl (C=O) groups is 2. The van der Waals surface area contributed by atoms with E-state index in [0.717, 1.165) is 0 Å². The highest BCUT2D eigenvalue weighted by atomic mass is 35.5. The van der Waals surface area contributed by atoms with Crippen molar-refractivity contribution in [3.63, 3.8) is 0 Å². The Hall–Kier alpha value is -2.24. The van der Waals surface area contributed by atoms with Gasteiger partial charge in [0.25, 0.3) is 5.91 Å². The number of hydrogen-bond acceptors (Lipinski definition) is 3. The van der Waals surface area contributed by atoms with Crippen molar-refractivity contribution in [2.45, 2.75) is 45.7 Å². The molecule has 7 heteroatoms. The van der Waals surface area contributed by atoms with E-state index in [4.69, 9.17) is 27.9 Å². The van der Waals surface area contributed by atoms with E-state index in [1.54, 1.807) is 25.1 Å². The fraction of sp³-hybridized carbons (Fsp3) is 0.391. The Kier molecular flexibility index (Phi) is 8.16. The van der Waals surface area contributed by atoms with Crippen LogP contribution in [0.2, 0.25) is 10.0 Å². The highest BCUT2D eigenvalue weighted by molar-refractivity contribution is 6.35. The summed E-state index contributed by atoms with van der Waals surface area (Å²) in [6.07, 6.45) is 0. The first-order valence-corrected chi connectivity index (χ1v) is 10.5. The van der Waals surface area contributed by atoms with Gasteiger partial charge in [-0.3, -0.25) is 9.59 Å². The minimum Gasteiger partial charge on any atom is -0.484 e. The normalized spacial score (nSPS) is 12.2. The van der Waals surface area contributed by atoms with Gasteiger partial charge in [-0.1, -0.05) is 62.2 Å². The van der Waals surface area contributed by atoms with Gasteiger partial charge in [0.15, 0.2) is 6.61 Å². The van der Waals surface area contributed by atoms with Crippen LogP contribution in [0.3, 0.4) is 0 Å². The highest BCUT2D eigenvalue weighted by Crippen LogP contribution is 2.25. The lowest BCUT2D eigenvalue weighted by molar-refractivity contribution is -0.142. The van der Waals surface area contributed by atoms with Crippen LogP contribution in [-0.4, -0.2) is 36.4 Å². The number of halogens is 2. The Morgan fingerprint density at radius 3 is 2.27 bits per heavy atom. The van der Waals surface area contributed by atoms with Gasteiger partial charge in [0.2, 0.25) is 5.91 Å². The standard InChI is InChI=1S/C23H28Cl2N2O3/c1-15(22(29)26-5)27(13-16-6-9-18(24)12-20(16)25)21(28)14-30-19-10-7-17(8-11-19)23(2,3)4/h6-12,15H,13-14H2,1-5H3,(H,26,29). The zero-order valence-electron chi connectivity index (χ0n) is 18.0. The molecule has 162 valence electrons. The van der Waals surface area contributed by atoms with Gasteiger partial charge >= 0.3 is 0 Å². The molecule has 0 aliphatic heterocycles. The molecule has 2 aromatic carbocycles. The maximum Gasteiger partial charge on any atom is 0.261 e. The van der Waals surface area contributed by atoms with Gasteiger partial charge in [0.05, 0.1) is 0 Å². The van der Waals surface area contributed by atoms with E-state index in [1.165, 1.54) is 17.5 Å². The van der Waals surface area contributed by atoms with Crippen molar-refractivity contribution in [1.82, 2.24) is 10.2 Å². The summed E-state index contributed by atoms with van der Waals surface area (Å²) in [6.45, 7) is 8.03. The summed E-state index contributed by atoms with van der Waals surface area (Å²) in [4.78, 5) is 26.6. The topological polar surface area (TPSA) is 58.6 Å². The van der Waals surface area contributed by atoms with Gasteiger partial charge in [-0.15, -0.1) is 0 Å². The third-order valence-corrected chi connectivity index (χ3v) is 5.44. The van der Waals surface area contributed by atoms with Crippen molar-refractivity contribution in [2.24, 2.45) is 0 Å². The van der Waals surface area contributed by atoms with Crippen LogP contribution >= 0.6 is 23.2 Å². The molecule has 30 heavy (non-hydrogen) atoms.